The van der Waals surface area contributed by atoms with Crippen LogP contribution in [0.4, 0.5) is 5.69 Å². The van der Waals surface area contributed by atoms with Gasteiger partial charge in [-0.2, -0.15) is 0 Å². The first-order chi connectivity index (χ1) is 15.5. The standard InChI is InChI=1S/C24H28N4O3S/c1-17-7-5-6-14-27(17)23(30)15-28-21-9-4-3-8-20(21)26-24(28)32-16-22(29)25-18-10-12-19(31-2)13-11-18/h3-4,8-13,17H,5-7,14-16H2,1-2H3,(H,25,29)/t17-/m0/s1. The van der Waals surface area contributed by atoms with E-state index in [4.69, 9.17) is 9.72 Å². The molecule has 2 amide bonds. The van der Waals surface area contributed by atoms with E-state index in [0.29, 0.717) is 10.8 Å². The van der Waals surface area contributed by atoms with Crippen LogP contribution in [0.5, 0.6) is 5.75 Å². The number of imidazole rings is 1. The third-order valence-corrected chi connectivity index (χ3v) is 6.72. The lowest BCUT2D eigenvalue weighted by Gasteiger charge is -2.33. The van der Waals surface area contributed by atoms with Crippen LogP contribution in [0.15, 0.2) is 53.7 Å². The summed E-state index contributed by atoms with van der Waals surface area (Å²) < 4.78 is 7.08. The highest BCUT2D eigenvalue weighted by molar-refractivity contribution is 7.99. The van der Waals surface area contributed by atoms with Crippen LogP contribution in [0.25, 0.3) is 11.0 Å². The molecule has 7 nitrogen and oxygen atoms in total. The summed E-state index contributed by atoms with van der Waals surface area (Å²) in [6.07, 6.45) is 3.26. The van der Waals surface area contributed by atoms with Crippen molar-refractivity contribution in [2.24, 2.45) is 0 Å². The van der Waals surface area contributed by atoms with Crippen LogP contribution in [0.2, 0.25) is 0 Å². The number of piperidine rings is 1. The zero-order valence-electron chi connectivity index (χ0n) is 18.4. The number of nitrogens with one attached hydrogen (secondary N) is 1. The number of rotatable bonds is 7. The van der Waals surface area contributed by atoms with Crippen molar-refractivity contribution in [3.63, 3.8) is 0 Å². The van der Waals surface area contributed by atoms with E-state index in [-0.39, 0.29) is 30.2 Å². The number of carbonyl (C=O) groups excluding carboxylic acids is 2. The fourth-order valence-corrected chi connectivity index (χ4v) is 4.83. The molecule has 1 N–H and O–H groups in total. The molecule has 0 aliphatic carbocycles. The third-order valence-electron chi connectivity index (χ3n) is 5.74. The van der Waals surface area contributed by atoms with E-state index in [1.165, 1.54) is 18.2 Å². The second kappa shape index (κ2) is 10.1. The molecule has 1 aliphatic heterocycles. The Hall–Kier alpha value is -3.00. The van der Waals surface area contributed by atoms with E-state index < -0.39 is 0 Å². The molecule has 0 saturated carbocycles. The molecular formula is C24H28N4O3S. The highest BCUT2D eigenvalue weighted by atomic mass is 32.2. The number of methoxy groups -OCH3 is 1. The first-order valence-electron chi connectivity index (χ1n) is 10.9. The van der Waals surface area contributed by atoms with Crippen LogP contribution in [-0.4, -0.2) is 51.7 Å². The van der Waals surface area contributed by atoms with Crippen molar-refractivity contribution in [1.29, 1.82) is 0 Å². The fraction of sp³-hybridized carbons (Fsp3) is 0.375. The zero-order chi connectivity index (χ0) is 22.5. The van der Waals surface area contributed by atoms with Gasteiger partial charge in [0.1, 0.15) is 12.3 Å². The van der Waals surface area contributed by atoms with Crippen molar-refractivity contribution in [3.05, 3.63) is 48.5 Å². The van der Waals surface area contributed by atoms with E-state index in [9.17, 15) is 9.59 Å². The summed E-state index contributed by atoms with van der Waals surface area (Å²) in [7, 11) is 1.60. The third kappa shape index (κ3) is 5.07. The van der Waals surface area contributed by atoms with Crippen molar-refractivity contribution in [2.45, 2.75) is 43.9 Å². The Bertz CT molecular complexity index is 1100. The number of likely N-dealkylation sites (tertiary alicyclic amines) is 1. The number of nitrogens with zero attached hydrogens (tertiary/aromatic N) is 3. The highest BCUT2D eigenvalue weighted by Gasteiger charge is 2.25. The van der Waals surface area contributed by atoms with Crippen LogP contribution in [0, 0.1) is 0 Å². The molecule has 1 atom stereocenters. The van der Waals surface area contributed by atoms with Gasteiger partial charge in [-0.1, -0.05) is 23.9 Å². The number of anilines is 1. The number of hydrogen-bond acceptors (Lipinski definition) is 5. The van der Waals surface area contributed by atoms with E-state index in [2.05, 4.69) is 12.2 Å². The molecule has 2 aromatic carbocycles. The minimum absolute atomic E-state index is 0.102. The average Bonchev–Trinajstić information content (AvgIpc) is 3.16. The Morgan fingerprint density at radius 1 is 1.16 bits per heavy atom. The van der Waals surface area contributed by atoms with Gasteiger partial charge in [0.15, 0.2) is 5.16 Å². The number of amides is 2. The van der Waals surface area contributed by atoms with Gasteiger partial charge in [-0.15, -0.1) is 0 Å². The Kier molecular flexibility index (Phi) is 6.99. The predicted octanol–water partition coefficient (Wildman–Crippen LogP) is 4.18. The number of hydrogen-bond donors (Lipinski definition) is 1. The lowest BCUT2D eigenvalue weighted by Crippen LogP contribution is -2.43. The molecule has 0 unspecified atom stereocenters. The van der Waals surface area contributed by atoms with Gasteiger partial charge in [-0.3, -0.25) is 9.59 Å². The van der Waals surface area contributed by atoms with Crippen LogP contribution < -0.4 is 10.1 Å². The SMILES string of the molecule is COc1ccc(NC(=O)CSc2nc3ccccc3n2CC(=O)N2CCCC[C@@H]2C)cc1. The van der Waals surface area contributed by atoms with Crippen molar-refractivity contribution in [3.8, 4) is 5.75 Å². The lowest BCUT2D eigenvalue weighted by atomic mass is 10.0. The Morgan fingerprint density at radius 3 is 2.69 bits per heavy atom. The monoisotopic (exact) mass is 452 g/mol. The fourth-order valence-electron chi connectivity index (χ4n) is 4.01. The average molecular weight is 453 g/mol. The summed E-state index contributed by atoms with van der Waals surface area (Å²) in [5.74, 6) is 0.905. The lowest BCUT2D eigenvalue weighted by molar-refractivity contribution is -0.135. The number of aromatic nitrogens is 2. The Balaban J connectivity index is 1.47. The minimum atomic E-state index is -0.130. The Morgan fingerprint density at radius 2 is 1.94 bits per heavy atom. The quantitative estimate of drug-likeness (QED) is 0.545. The molecule has 1 aliphatic rings. The summed E-state index contributed by atoms with van der Waals surface area (Å²) in [6, 6.07) is 15.2. The Labute approximate surface area is 192 Å². The summed E-state index contributed by atoms with van der Waals surface area (Å²) in [5, 5.41) is 3.56. The maximum absolute atomic E-state index is 13.1. The van der Waals surface area contributed by atoms with Gasteiger partial charge in [-0.05, 0) is 62.6 Å². The number of ether oxygens (including phenoxy) is 1. The molecule has 8 heteroatoms. The van der Waals surface area contributed by atoms with Crippen LogP contribution in [0.1, 0.15) is 26.2 Å². The normalized spacial score (nSPS) is 16.2. The molecule has 0 bridgehead atoms. The van der Waals surface area contributed by atoms with Crippen LogP contribution in [-0.2, 0) is 16.1 Å². The molecule has 0 spiro atoms. The van der Waals surface area contributed by atoms with Crippen LogP contribution >= 0.6 is 11.8 Å². The van der Waals surface area contributed by atoms with E-state index in [1.807, 2.05) is 33.7 Å². The smallest absolute Gasteiger partial charge is 0.242 e. The second-order valence-electron chi connectivity index (χ2n) is 7.97. The van der Waals surface area contributed by atoms with Gasteiger partial charge in [0.05, 0.1) is 23.9 Å². The van der Waals surface area contributed by atoms with Gasteiger partial charge in [0.25, 0.3) is 0 Å². The first kappa shape index (κ1) is 22.2. The molecule has 168 valence electrons. The summed E-state index contributed by atoms with van der Waals surface area (Å²) in [6.45, 7) is 3.15. The maximum Gasteiger partial charge on any atom is 0.242 e. The maximum atomic E-state index is 13.1. The van der Waals surface area contributed by atoms with Gasteiger partial charge >= 0.3 is 0 Å². The second-order valence-corrected chi connectivity index (χ2v) is 8.91. The summed E-state index contributed by atoms with van der Waals surface area (Å²) >= 11 is 1.34. The van der Waals surface area contributed by atoms with E-state index >= 15 is 0 Å². The minimum Gasteiger partial charge on any atom is -0.497 e. The number of fused-ring (bicyclic) bond motifs is 1. The first-order valence-corrected chi connectivity index (χ1v) is 11.8. The number of para-hydroxylation sites is 2. The van der Waals surface area contributed by atoms with Gasteiger partial charge < -0.3 is 19.5 Å². The van der Waals surface area contributed by atoms with Gasteiger partial charge in [-0.25, -0.2) is 4.98 Å². The van der Waals surface area contributed by atoms with Gasteiger partial charge in [0.2, 0.25) is 11.8 Å². The molecule has 1 fully saturated rings. The summed E-state index contributed by atoms with van der Waals surface area (Å²) in [5.41, 5.74) is 2.44. The van der Waals surface area contributed by atoms with Crippen molar-refractivity contribution < 1.29 is 14.3 Å². The summed E-state index contributed by atoms with van der Waals surface area (Å²) in [4.78, 5) is 32.3. The molecule has 0 radical (unpaired) electrons. The number of benzene rings is 2. The molecule has 1 saturated heterocycles. The zero-order valence-corrected chi connectivity index (χ0v) is 19.2. The van der Waals surface area contributed by atoms with Crippen LogP contribution in [0.3, 0.4) is 0 Å². The molecule has 32 heavy (non-hydrogen) atoms. The molecule has 1 aromatic heterocycles. The number of thioether (sulfide) groups is 1. The topological polar surface area (TPSA) is 76.5 Å². The molecular weight excluding hydrogens is 424 g/mol. The van der Waals surface area contributed by atoms with Crippen molar-refractivity contribution in [1.82, 2.24) is 14.5 Å². The predicted molar refractivity (Wildman–Crippen MR) is 127 cm³/mol. The van der Waals surface area contributed by atoms with Crippen molar-refractivity contribution in [2.75, 3.05) is 24.7 Å². The van der Waals surface area contributed by atoms with E-state index in [0.717, 1.165) is 36.2 Å². The molecule has 4 rings (SSSR count). The van der Waals surface area contributed by atoms with Crippen molar-refractivity contribution >= 4 is 40.3 Å². The van der Waals surface area contributed by atoms with Gasteiger partial charge in [0, 0.05) is 18.3 Å². The highest BCUT2D eigenvalue weighted by Crippen LogP contribution is 2.26. The largest absolute Gasteiger partial charge is 0.497 e. The number of carbonyl (C=O) groups is 2. The molecule has 2 heterocycles. The van der Waals surface area contributed by atoms with E-state index in [1.54, 1.807) is 31.4 Å². The molecule has 3 aromatic rings.